The Hall–Kier alpha value is -3.95. The number of carbonyl (C=O) groups excluding carboxylic acids is 2. The predicted molar refractivity (Wildman–Crippen MR) is 103 cm³/mol. The van der Waals surface area contributed by atoms with E-state index in [4.69, 9.17) is 9.47 Å². The van der Waals surface area contributed by atoms with Gasteiger partial charge < -0.3 is 14.8 Å². The summed E-state index contributed by atoms with van der Waals surface area (Å²) < 4.78 is 12.0. The summed E-state index contributed by atoms with van der Waals surface area (Å²) in [4.78, 5) is 26.6. The molecule has 1 N–H and O–H groups in total. The van der Waals surface area contributed by atoms with Crippen LogP contribution >= 0.6 is 0 Å². The van der Waals surface area contributed by atoms with Crippen LogP contribution in [0, 0.1) is 0 Å². The highest BCUT2D eigenvalue weighted by atomic mass is 16.5. The lowest BCUT2D eigenvalue weighted by Crippen LogP contribution is -2.35. The van der Waals surface area contributed by atoms with Gasteiger partial charge in [-0.05, 0) is 46.8 Å². The summed E-state index contributed by atoms with van der Waals surface area (Å²) in [5, 5.41) is 14.1. The second-order valence-corrected chi connectivity index (χ2v) is 6.31. The average Bonchev–Trinajstić information content (AvgIpc) is 3.37. The van der Waals surface area contributed by atoms with Gasteiger partial charge >= 0.3 is 0 Å². The minimum Gasteiger partial charge on any atom is -0.497 e. The predicted octanol–water partition coefficient (Wildman–Crippen LogP) is 1.42. The van der Waals surface area contributed by atoms with E-state index in [1.54, 1.807) is 30.3 Å². The SMILES string of the molecule is COc1ccc(N2C(=O)C[C@@H](Nc3ccc(-n4cnnn4)cc3)C2=O)c(OC)c1. The zero-order valence-corrected chi connectivity index (χ0v) is 15.8. The van der Waals surface area contributed by atoms with Crippen molar-refractivity contribution in [2.24, 2.45) is 0 Å². The summed E-state index contributed by atoms with van der Waals surface area (Å²) in [6, 6.07) is 11.5. The van der Waals surface area contributed by atoms with Gasteiger partial charge in [-0.3, -0.25) is 9.59 Å². The molecule has 0 saturated carbocycles. The number of ether oxygens (including phenoxy) is 2. The van der Waals surface area contributed by atoms with Crippen molar-refractivity contribution in [2.75, 3.05) is 24.4 Å². The number of hydrogen-bond donors (Lipinski definition) is 1. The van der Waals surface area contributed by atoms with Crippen LogP contribution < -0.4 is 19.7 Å². The van der Waals surface area contributed by atoms with Crippen molar-refractivity contribution in [1.29, 1.82) is 0 Å². The molecule has 0 bridgehead atoms. The number of benzene rings is 2. The van der Waals surface area contributed by atoms with Crippen LogP contribution in [-0.4, -0.2) is 52.3 Å². The lowest BCUT2D eigenvalue weighted by atomic mass is 10.2. The number of anilines is 2. The number of nitrogens with zero attached hydrogens (tertiary/aromatic N) is 5. The van der Waals surface area contributed by atoms with Crippen molar-refractivity contribution in [2.45, 2.75) is 12.5 Å². The Balaban J connectivity index is 1.53. The Bertz CT molecular complexity index is 1040. The van der Waals surface area contributed by atoms with Gasteiger partial charge in [-0.15, -0.1) is 5.10 Å². The van der Waals surface area contributed by atoms with Gasteiger partial charge in [-0.1, -0.05) is 0 Å². The molecular formula is C19H18N6O4. The van der Waals surface area contributed by atoms with Crippen LogP contribution in [0.4, 0.5) is 11.4 Å². The monoisotopic (exact) mass is 394 g/mol. The number of amides is 2. The average molecular weight is 394 g/mol. The molecule has 10 heteroatoms. The molecule has 2 amide bonds. The van der Waals surface area contributed by atoms with E-state index in [1.165, 1.54) is 25.2 Å². The lowest BCUT2D eigenvalue weighted by molar-refractivity contribution is -0.121. The zero-order valence-electron chi connectivity index (χ0n) is 15.8. The minimum absolute atomic E-state index is 0.0444. The second kappa shape index (κ2) is 7.58. The van der Waals surface area contributed by atoms with Crippen molar-refractivity contribution >= 4 is 23.2 Å². The van der Waals surface area contributed by atoms with Gasteiger partial charge in [0.1, 0.15) is 23.9 Å². The van der Waals surface area contributed by atoms with Crippen LogP contribution in [0.2, 0.25) is 0 Å². The van der Waals surface area contributed by atoms with Gasteiger partial charge in [0.25, 0.3) is 5.91 Å². The number of nitrogens with one attached hydrogen (secondary N) is 1. The van der Waals surface area contributed by atoms with E-state index in [0.29, 0.717) is 22.9 Å². The fraction of sp³-hybridized carbons (Fsp3) is 0.211. The van der Waals surface area contributed by atoms with E-state index >= 15 is 0 Å². The summed E-state index contributed by atoms with van der Waals surface area (Å²) in [7, 11) is 3.01. The van der Waals surface area contributed by atoms with Crippen LogP contribution in [0.3, 0.4) is 0 Å². The molecule has 1 aliphatic heterocycles. The highest BCUT2D eigenvalue weighted by Gasteiger charge is 2.40. The summed E-state index contributed by atoms with van der Waals surface area (Å²) in [5.41, 5.74) is 1.87. The summed E-state index contributed by atoms with van der Waals surface area (Å²) in [6.45, 7) is 0. The van der Waals surface area contributed by atoms with E-state index in [1.807, 2.05) is 12.1 Å². The third-order valence-electron chi connectivity index (χ3n) is 4.60. The topological polar surface area (TPSA) is 111 Å². The molecule has 29 heavy (non-hydrogen) atoms. The van der Waals surface area contributed by atoms with Gasteiger partial charge in [-0.2, -0.15) is 0 Å². The Morgan fingerprint density at radius 2 is 1.86 bits per heavy atom. The van der Waals surface area contributed by atoms with Crippen LogP contribution in [0.5, 0.6) is 11.5 Å². The van der Waals surface area contributed by atoms with Crippen LogP contribution in [-0.2, 0) is 9.59 Å². The van der Waals surface area contributed by atoms with Crippen molar-refractivity contribution in [3.8, 4) is 17.2 Å². The first-order valence-corrected chi connectivity index (χ1v) is 8.79. The van der Waals surface area contributed by atoms with E-state index in [9.17, 15) is 9.59 Å². The Morgan fingerprint density at radius 3 is 2.52 bits per heavy atom. The first kappa shape index (κ1) is 18.4. The number of hydrogen-bond acceptors (Lipinski definition) is 8. The molecule has 1 saturated heterocycles. The molecule has 2 aromatic carbocycles. The number of aromatic nitrogens is 4. The smallest absolute Gasteiger partial charge is 0.256 e. The molecule has 1 aliphatic rings. The molecule has 0 unspecified atom stereocenters. The van der Waals surface area contributed by atoms with Gasteiger partial charge in [0, 0.05) is 11.8 Å². The molecule has 0 aliphatic carbocycles. The molecule has 148 valence electrons. The number of rotatable bonds is 6. The third-order valence-corrected chi connectivity index (χ3v) is 4.60. The number of imide groups is 1. The summed E-state index contributed by atoms with van der Waals surface area (Å²) in [6.07, 6.45) is 1.53. The Labute approximate surface area is 166 Å². The maximum Gasteiger partial charge on any atom is 0.256 e. The highest BCUT2D eigenvalue weighted by molar-refractivity contribution is 6.23. The van der Waals surface area contributed by atoms with Gasteiger partial charge in [-0.25, -0.2) is 9.58 Å². The number of tetrazole rings is 1. The summed E-state index contributed by atoms with van der Waals surface area (Å²) in [5.74, 6) is 0.309. The number of carbonyl (C=O) groups is 2. The first-order valence-electron chi connectivity index (χ1n) is 8.79. The minimum atomic E-state index is -0.673. The molecule has 10 nitrogen and oxygen atoms in total. The van der Waals surface area contributed by atoms with E-state index in [0.717, 1.165) is 10.6 Å². The third kappa shape index (κ3) is 3.47. The fourth-order valence-corrected chi connectivity index (χ4v) is 3.16. The summed E-state index contributed by atoms with van der Waals surface area (Å²) >= 11 is 0. The maximum atomic E-state index is 12.9. The standard InChI is InChI=1S/C19H18N6O4/c1-28-14-7-8-16(17(9-14)29-2)25-18(26)10-15(19(25)27)21-12-3-5-13(6-4-12)24-11-20-22-23-24/h3-9,11,15,21H,10H2,1-2H3/t15-/m1/s1. The van der Waals surface area contributed by atoms with Gasteiger partial charge in [0.15, 0.2) is 0 Å². The van der Waals surface area contributed by atoms with Gasteiger partial charge in [0.05, 0.1) is 32.0 Å². The molecule has 0 spiro atoms. The Kier molecular flexibility index (Phi) is 4.82. The Morgan fingerprint density at radius 1 is 1.07 bits per heavy atom. The molecular weight excluding hydrogens is 376 g/mol. The first-order chi connectivity index (χ1) is 14.1. The van der Waals surface area contributed by atoms with Crippen LogP contribution in [0.15, 0.2) is 48.8 Å². The second-order valence-electron chi connectivity index (χ2n) is 6.31. The molecule has 1 atom stereocenters. The zero-order chi connectivity index (χ0) is 20.4. The van der Waals surface area contributed by atoms with Crippen molar-refractivity contribution in [3.05, 3.63) is 48.8 Å². The molecule has 1 aromatic heterocycles. The van der Waals surface area contributed by atoms with E-state index in [-0.39, 0.29) is 18.2 Å². The fourth-order valence-electron chi connectivity index (χ4n) is 3.16. The maximum absolute atomic E-state index is 12.9. The number of methoxy groups -OCH3 is 2. The van der Waals surface area contributed by atoms with Crippen molar-refractivity contribution in [3.63, 3.8) is 0 Å². The van der Waals surface area contributed by atoms with Crippen molar-refractivity contribution in [1.82, 2.24) is 20.2 Å². The normalized spacial score (nSPS) is 16.2. The van der Waals surface area contributed by atoms with Crippen molar-refractivity contribution < 1.29 is 19.1 Å². The molecule has 1 fully saturated rings. The van der Waals surface area contributed by atoms with Crippen LogP contribution in [0.25, 0.3) is 5.69 Å². The molecule has 3 aromatic rings. The molecule has 0 radical (unpaired) electrons. The largest absolute Gasteiger partial charge is 0.497 e. The van der Waals surface area contributed by atoms with Crippen LogP contribution in [0.1, 0.15) is 6.42 Å². The van der Waals surface area contributed by atoms with E-state index in [2.05, 4.69) is 20.8 Å². The molecule has 2 heterocycles. The lowest BCUT2D eigenvalue weighted by Gasteiger charge is -2.19. The quantitative estimate of drug-likeness (QED) is 0.625. The highest BCUT2D eigenvalue weighted by Crippen LogP contribution is 2.35. The van der Waals surface area contributed by atoms with Gasteiger partial charge in [0.2, 0.25) is 5.91 Å². The molecule has 4 rings (SSSR count). The van der Waals surface area contributed by atoms with E-state index < -0.39 is 6.04 Å².